The average Bonchev–Trinajstić information content (AvgIpc) is 2.84. The van der Waals surface area contributed by atoms with Crippen LogP contribution in [0.1, 0.15) is 54.2 Å². The molecule has 31 heavy (non-hydrogen) atoms. The quantitative estimate of drug-likeness (QED) is 0.652. The van der Waals surface area contributed by atoms with E-state index in [4.69, 9.17) is 0 Å². The van der Waals surface area contributed by atoms with Gasteiger partial charge in [-0.3, -0.25) is 19.5 Å². The Kier molecular flexibility index (Phi) is 6.67. The highest BCUT2D eigenvalue weighted by Gasteiger charge is 2.35. The van der Waals surface area contributed by atoms with Crippen molar-refractivity contribution in [3.8, 4) is 0 Å². The zero-order valence-electron chi connectivity index (χ0n) is 17.4. The molecule has 1 atom stereocenters. The van der Waals surface area contributed by atoms with Gasteiger partial charge in [0.15, 0.2) is 0 Å². The molecule has 1 aliphatic carbocycles. The Labute approximate surface area is 182 Å². The van der Waals surface area contributed by atoms with E-state index in [0.29, 0.717) is 5.69 Å². The molecule has 1 N–H and O–H groups in total. The highest BCUT2D eigenvalue weighted by Crippen LogP contribution is 2.30. The molecule has 1 heterocycles. The molecular formula is C25H26N4O2. The number of carbonyl (C=O) groups excluding carboxylic acids is 2. The number of nitrogens with zero attached hydrogens (tertiary/aromatic N) is 3. The monoisotopic (exact) mass is 414 g/mol. The SMILES string of the molecule is O=C(NC1CCCCC1)C(c1ccccc1)N(C(=O)c1cnccn1)c1ccccc1. The molecule has 0 spiro atoms. The summed E-state index contributed by atoms with van der Waals surface area (Å²) in [5.41, 5.74) is 1.57. The topological polar surface area (TPSA) is 75.2 Å². The predicted molar refractivity (Wildman–Crippen MR) is 119 cm³/mol. The number of hydrogen-bond donors (Lipinski definition) is 1. The Bertz CT molecular complexity index is 990. The van der Waals surface area contributed by atoms with Gasteiger partial charge in [-0.15, -0.1) is 0 Å². The third-order valence-electron chi connectivity index (χ3n) is 5.61. The van der Waals surface area contributed by atoms with Crippen molar-refractivity contribution in [3.05, 3.63) is 90.5 Å². The summed E-state index contributed by atoms with van der Waals surface area (Å²) in [5.74, 6) is -0.550. The first kappa shape index (κ1) is 20.7. The molecule has 0 saturated heterocycles. The lowest BCUT2D eigenvalue weighted by Gasteiger charge is -2.33. The Hall–Kier alpha value is -3.54. The average molecular weight is 415 g/mol. The molecule has 1 aliphatic rings. The van der Waals surface area contributed by atoms with Crippen molar-refractivity contribution in [2.75, 3.05) is 4.90 Å². The van der Waals surface area contributed by atoms with Crippen LogP contribution >= 0.6 is 0 Å². The van der Waals surface area contributed by atoms with Crippen molar-refractivity contribution < 1.29 is 9.59 Å². The summed E-state index contributed by atoms with van der Waals surface area (Å²) in [5, 5.41) is 3.21. The highest BCUT2D eigenvalue weighted by molar-refractivity contribution is 6.09. The van der Waals surface area contributed by atoms with Crippen LogP contribution in [0.25, 0.3) is 0 Å². The molecule has 6 nitrogen and oxygen atoms in total. The maximum Gasteiger partial charge on any atom is 0.279 e. The minimum absolute atomic E-state index is 0.136. The number of carbonyl (C=O) groups is 2. The number of rotatable bonds is 6. The lowest BCUT2D eigenvalue weighted by atomic mass is 9.94. The number of anilines is 1. The second-order valence-electron chi connectivity index (χ2n) is 7.76. The molecular weight excluding hydrogens is 388 g/mol. The normalized spacial score (nSPS) is 15.1. The van der Waals surface area contributed by atoms with Crippen LogP contribution in [0.2, 0.25) is 0 Å². The lowest BCUT2D eigenvalue weighted by molar-refractivity contribution is -0.123. The van der Waals surface area contributed by atoms with E-state index >= 15 is 0 Å². The fourth-order valence-electron chi connectivity index (χ4n) is 4.09. The van der Waals surface area contributed by atoms with Gasteiger partial charge in [0.25, 0.3) is 5.91 Å². The van der Waals surface area contributed by atoms with Gasteiger partial charge in [-0.05, 0) is 30.5 Å². The first-order valence-corrected chi connectivity index (χ1v) is 10.7. The summed E-state index contributed by atoms with van der Waals surface area (Å²) >= 11 is 0. The van der Waals surface area contributed by atoms with Gasteiger partial charge in [0, 0.05) is 24.1 Å². The Morgan fingerprint density at radius 2 is 1.58 bits per heavy atom. The number of amides is 2. The summed E-state index contributed by atoms with van der Waals surface area (Å²) in [4.78, 5) is 37.0. The standard InChI is InChI=1S/C25H26N4O2/c30-24(28-20-12-6-2-7-13-20)23(19-10-4-1-5-11-19)29(21-14-8-3-9-15-21)25(31)22-18-26-16-17-27-22/h1,3-5,8-11,14-18,20,23H,2,6-7,12-13H2,(H,28,30). The van der Waals surface area contributed by atoms with Crippen molar-refractivity contribution in [2.24, 2.45) is 0 Å². The van der Waals surface area contributed by atoms with Crippen LogP contribution in [0.3, 0.4) is 0 Å². The van der Waals surface area contributed by atoms with Crippen LogP contribution in [-0.2, 0) is 4.79 Å². The van der Waals surface area contributed by atoms with Gasteiger partial charge < -0.3 is 5.32 Å². The first-order chi connectivity index (χ1) is 15.2. The molecule has 0 bridgehead atoms. The van der Waals surface area contributed by atoms with Crippen molar-refractivity contribution in [3.63, 3.8) is 0 Å². The van der Waals surface area contributed by atoms with E-state index in [0.717, 1.165) is 31.2 Å². The molecule has 1 fully saturated rings. The van der Waals surface area contributed by atoms with Crippen LogP contribution < -0.4 is 10.2 Å². The van der Waals surface area contributed by atoms with E-state index < -0.39 is 6.04 Å². The maximum atomic E-state index is 13.6. The van der Waals surface area contributed by atoms with Gasteiger partial charge in [-0.25, -0.2) is 4.98 Å². The van der Waals surface area contributed by atoms with Crippen LogP contribution in [0, 0.1) is 0 Å². The smallest absolute Gasteiger partial charge is 0.279 e. The highest BCUT2D eigenvalue weighted by atomic mass is 16.2. The van der Waals surface area contributed by atoms with Crippen molar-refractivity contribution >= 4 is 17.5 Å². The fraction of sp³-hybridized carbons (Fsp3) is 0.280. The maximum absolute atomic E-state index is 13.6. The van der Waals surface area contributed by atoms with Gasteiger partial charge in [-0.1, -0.05) is 67.8 Å². The number of hydrogen-bond acceptors (Lipinski definition) is 4. The molecule has 2 amide bonds. The van der Waals surface area contributed by atoms with Crippen LogP contribution in [0.15, 0.2) is 79.3 Å². The Morgan fingerprint density at radius 3 is 2.23 bits per heavy atom. The molecule has 1 unspecified atom stereocenters. The second-order valence-corrected chi connectivity index (χ2v) is 7.76. The molecule has 0 aliphatic heterocycles. The fourth-order valence-corrected chi connectivity index (χ4v) is 4.09. The third kappa shape index (κ3) is 4.97. The second kappa shape index (κ2) is 9.98. The van der Waals surface area contributed by atoms with E-state index in [2.05, 4.69) is 15.3 Å². The molecule has 1 saturated carbocycles. The molecule has 3 aromatic rings. The lowest BCUT2D eigenvalue weighted by Crippen LogP contribution is -2.47. The van der Waals surface area contributed by atoms with Crippen molar-refractivity contribution in [1.29, 1.82) is 0 Å². The van der Waals surface area contributed by atoms with Crippen molar-refractivity contribution in [1.82, 2.24) is 15.3 Å². The Balaban J connectivity index is 1.76. The summed E-state index contributed by atoms with van der Waals surface area (Å²) in [6, 6.07) is 18.0. The van der Waals surface area contributed by atoms with Gasteiger partial charge in [0.2, 0.25) is 5.91 Å². The number of nitrogens with one attached hydrogen (secondary N) is 1. The third-order valence-corrected chi connectivity index (χ3v) is 5.61. The molecule has 1 aromatic heterocycles. The van der Waals surface area contributed by atoms with Crippen molar-refractivity contribution in [2.45, 2.75) is 44.2 Å². The van der Waals surface area contributed by atoms with Gasteiger partial charge >= 0.3 is 0 Å². The van der Waals surface area contributed by atoms with Crippen LogP contribution in [0.5, 0.6) is 0 Å². The largest absolute Gasteiger partial charge is 0.351 e. The number of para-hydroxylation sites is 1. The zero-order chi connectivity index (χ0) is 21.5. The zero-order valence-corrected chi connectivity index (χ0v) is 17.4. The van der Waals surface area contributed by atoms with Gasteiger partial charge in [0.1, 0.15) is 11.7 Å². The van der Waals surface area contributed by atoms with Crippen LogP contribution in [-0.4, -0.2) is 27.8 Å². The summed E-state index contributed by atoms with van der Waals surface area (Å²) in [6.45, 7) is 0. The summed E-state index contributed by atoms with van der Waals surface area (Å²) in [6.07, 6.45) is 9.80. The number of aromatic nitrogens is 2. The molecule has 0 radical (unpaired) electrons. The minimum atomic E-state index is -0.819. The van der Waals surface area contributed by atoms with E-state index in [1.807, 2.05) is 60.7 Å². The van der Waals surface area contributed by atoms with Crippen LogP contribution in [0.4, 0.5) is 5.69 Å². The van der Waals surface area contributed by atoms with E-state index in [1.165, 1.54) is 29.9 Å². The van der Waals surface area contributed by atoms with E-state index in [9.17, 15) is 9.59 Å². The Morgan fingerprint density at radius 1 is 0.903 bits per heavy atom. The molecule has 2 aromatic carbocycles. The van der Waals surface area contributed by atoms with E-state index in [-0.39, 0.29) is 23.6 Å². The summed E-state index contributed by atoms with van der Waals surface area (Å²) < 4.78 is 0. The molecule has 4 rings (SSSR count). The summed E-state index contributed by atoms with van der Waals surface area (Å²) in [7, 11) is 0. The van der Waals surface area contributed by atoms with E-state index in [1.54, 1.807) is 0 Å². The predicted octanol–water partition coefficient (Wildman–Crippen LogP) is 4.31. The van der Waals surface area contributed by atoms with Gasteiger partial charge in [0.05, 0.1) is 6.20 Å². The molecule has 6 heteroatoms. The minimum Gasteiger partial charge on any atom is -0.351 e. The van der Waals surface area contributed by atoms with Gasteiger partial charge in [-0.2, -0.15) is 0 Å². The number of benzene rings is 2. The molecule has 158 valence electrons. The first-order valence-electron chi connectivity index (χ1n) is 10.7.